The topological polar surface area (TPSA) is 32.7 Å². The smallest absolute Gasteiger partial charge is 0.240 e. The monoisotopic (exact) mass is 356 g/mol. The molecule has 0 bridgehead atoms. The summed E-state index contributed by atoms with van der Waals surface area (Å²) in [5.41, 5.74) is 2.42. The summed E-state index contributed by atoms with van der Waals surface area (Å²) in [5, 5.41) is 10.7. The van der Waals surface area contributed by atoms with Gasteiger partial charge in [0, 0.05) is 22.6 Å². The maximum Gasteiger partial charge on any atom is 0.240 e. The van der Waals surface area contributed by atoms with Gasteiger partial charge in [-0.15, -0.1) is 22.7 Å². The molecule has 2 aromatic rings. The maximum atomic E-state index is 12.2. The van der Waals surface area contributed by atoms with E-state index in [4.69, 9.17) is 5.10 Å². The number of fused-ring (bicyclic) bond motifs is 1. The number of thiophene rings is 2. The third-order valence-electron chi connectivity index (χ3n) is 4.78. The van der Waals surface area contributed by atoms with Crippen molar-refractivity contribution in [3.05, 3.63) is 50.4 Å². The first-order chi connectivity index (χ1) is 11.6. The van der Waals surface area contributed by atoms with E-state index < -0.39 is 0 Å². The van der Waals surface area contributed by atoms with Gasteiger partial charge in [0.1, 0.15) is 0 Å². The summed E-state index contributed by atoms with van der Waals surface area (Å²) < 4.78 is 0. The molecule has 0 saturated heterocycles. The summed E-state index contributed by atoms with van der Waals surface area (Å²) >= 11 is 3.47. The van der Waals surface area contributed by atoms with Crippen molar-refractivity contribution >= 4 is 40.4 Å². The van der Waals surface area contributed by atoms with E-state index in [1.807, 2.05) is 0 Å². The molecule has 1 aliphatic carbocycles. The number of hydrogen-bond acceptors (Lipinski definition) is 4. The van der Waals surface area contributed by atoms with E-state index >= 15 is 0 Å². The summed E-state index contributed by atoms with van der Waals surface area (Å²) in [6.07, 6.45) is 4.39. The van der Waals surface area contributed by atoms with E-state index in [1.54, 1.807) is 34.6 Å². The van der Waals surface area contributed by atoms with Crippen LogP contribution in [0.5, 0.6) is 0 Å². The van der Waals surface area contributed by atoms with E-state index in [1.165, 1.54) is 15.3 Å². The average Bonchev–Trinajstić information content (AvgIpc) is 3.26. The number of rotatable bonds is 2. The lowest BCUT2D eigenvalue weighted by molar-refractivity contribution is -0.131. The fourth-order valence-corrected chi connectivity index (χ4v) is 5.39. The molecule has 4 rings (SSSR count). The number of allylic oxidation sites excluding steroid dienone is 1. The van der Waals surface area contributed by atoms with Crippen molar-refractivity contribution in [1.29, 1.82) is 0 Å². The van der Waals surface area contributed by atoms with Gasteiger partial charge in [-0.3, -0.25) is 4.79 Å². The normalized spacial score (nSPS) is 28.1. The number of hydrazone groups is 1. The molecule has 1 fully saturated rings. The minimum absolute atomic E-state index is 0.0263. The van der Waals surface area contributed by atoms with Crippen LogP contribution in [0.1, 0.15) is 42.5 Å². The van der Waals surface area contributed by atoms with Gasteiger partial charge in [-0.1, -0.05) is 19.1 Å². The zero-order valence-corrected chi connectivity index (χ0v) is 15.4. The highest BCUT2D eigenvalue weighted by Gasteiger charge is 2.44. The van der Waals surface area contributed by atoms with Crippen LogP contribution in [0.15, 0.2) is 45.7 Å². The Morgan fingerprint density at radius 2 is 2.08 bits per heavy atom. The van der Waals surface area contributed by atoms with Gasteiger partial charge in [-0.2, -0.15) is 5.10 Å². The van der Waals surface area contributed by atoms with E-state index in [2.05, 4.69) is 48.0 Å². The van der Waals surface area contributed by atoms with Crippen molar-refractivity contribution in [2.75, 3.05) is 0 Å². The lowest BCUT2D eigenvalue weighted by atomic mass is 9.74. The maximum absolute atomic E-state index is 12.2. The van der Waals surface area contributed by atoms with Crippen molar-refractivity contribution in [1.82, 2.24) is 5.01 Å². The van der Waals surface area contributed by atoms with Gasteiger partial charge in [0.05, 0.1) is 11.8 Å². The highest BCUT2D eigenvalue weighted by atomic mass is 32.1. The minimum Gasteiger partial charge on any atom is -0.273 e. The summed E-state index contributed by atoms with van der Waals surface area (Å²) in [5.74, 6) is 0.940. The summed E-state index contributed by atoms with van der Waals surface area (Å²) in [6, 6.07) is 8.47. The quantitative estimate of drug-likeness (QED) is 0.728. The number of carbonyl (C=O) groups is 1. The van der Waals surface area contributed by atoms with Gasteiger partial charge in [-0.05, 0) is 53.3 Å². The van der Waals surface area contributed by atoms with E-state index in [9.17, 15) is 4.79 Å². The first-order valence-electron chi connectivity index (χ1n) is 8.29. The number of nitrogens with zero attached hydrogens (tertiary/aromatic N) is 2. The molecule has 1 saturated carbocycles. The molecule has 2 aromatic heterocycles. The van der Waals surface area contributed by atoms with Gasteiger partial charge in [0.25, 0.3) is 0 Å². The molecule has 3 heterocycles. The highest BCUT2D eigenvalue weighted by molar-refractivity contribution is 7.11. The van der Waals surface area contributed by atoms with Crippen molar-refractivity contribution in [3.8, 4) is 0 Å². The van der Waals surface area contributed by atoms with Crippen molar-refractivity contribution in [2.45, 2.75) is 32.7 Å². The molecule has 0 radical (unpaired) electrons. The zero-order chi connectivity index (χ0) is 16.7. The third-order valence-corrected chi connectivity index (χ3v) is 6.54. The second kappa shape index (κ2) is 6.30. The van der Waals surface area contributed by atoms with Crippen LogP contribution in [0, 0.1) is 11.8 Å². The molecule has 5 heteroatoms. The molecule has 0 unspecified atom stereocenters. The fourth-order valence-electron chi connectivity index (χ4n) is 3.83. The molecule has 124 valence electrons. The molecule has 0 spiro atoms. The largest absolute Gasteiger partial charge is 0.273 e. The zero-order valence-electron chi connectivity index (χ0n) is 13.8. The van der Waals surface area contributed by atoms with E-state index in [-0.39, 0.29) is 11.9 Å². The Hall–Kier alpha value is -1.72. The standard InChI is InChI=1S/C19H20N2OS2/c1-12-9-14(11-15-5-3-7-23-15)18-16(10-12)19(17-6-4-8-24-17)21(20-18)13(2)22/h3-8,11-12,16,19H,9-10H2,1-2H3/b14-11+/t12-,16+,19-/m1/s1. The molecule has 3 nitrogen and oxygen atoms in total. The Kier molecular flexibility index (Phi) is 4.14. The Balaban J connectivity index is 1.77. The predicted molar refractivity (Wildman–Crippen MR) is 101 cm³/mol. The third kappa shape index (κ3) is 2.76. The highest BCUT2D eigenvalue weighted by Crippen LogP contribution is 2.47. The van der Waals surface area contributed by atoms with Gasteiger partial charge in [0.15, 0.2) is 0 Å². The van der Waals surface area contributed by atoms with Crippen molar-refractivity contribution < 1.29 is 4.79 Å². The molecule has 3 atom stereocenters. The molecule has 1 amide bonds. The second-order valence-corrected chi connectivity index (χ2v) is 8.60. The molecular formula is C19H20N2OS2. The van der Waals surface area contributed by atoms with Crippen LogP contribution in [-0.4, -0.2) is 16.6 Å². The lowest BCUT2D eigenvalue weighted by Crippen LogP contribution is -2.31. The number of hydrogen-bond donors (Lipinski definition) is 0. The van der Waals surface area contributed by atoms with E-state index in [0.717, 1.165) is 18.6 Å². The Morgan fingerprint density at radius 3 is 2.75 bits per heavy atom. The number of carbonyl (C=O) groups excluding carboxylic acids is 1. The molecule has 0 aromatic carbocycles. The first kappa shape index (κ1) is 15.8. The number of amides is 1. The predicted octanol–water partition coefficient (Wildman–Crippen LogP) is 5.20. The second-order valence-electron chi connectivity index (χ2n) is 6.65. The molecule has 0 N–H and O–H groups in total. The lowest BCUT2D eigenvalue weighted by Gasteiger charge is -2.31. The molecule has 24 heavy (non-hydrogen) atoms. The van der Waals surface area contributed by atoms with Crippen LogP contribution in [0.25, 0.3) is 6.08 Å². The SMILES string of the molecule is CC(=O)N1N=C2/C(=C/c3cccs3)C[C@@H](C)C[C@@H]2[C@@H]1c1cccs1. The van der Waals surface area contributed by atoms with Gasteiger partial charge >= 0.3 is 0 Å². The minimum atomic E-state index is 0.0263. The Morgan fingerprint density at radius 1 is 1.29 bits per heavy atom. The van der Waals surface area contributed by atoms with Crippen LogP contribution in [0.3, 0.4) is 0 Å². The van der Waals surface area contributed by atoms with Crippen LogP contribution >= 0.6 is 22.7 Å². The van der Waals surface area contributed by atoms with Crippen molar-refractivity contribution in [2.24, 2.45) is 16.9 Å². The fraction of sp³-hybridized carbons (Fsp3) is 0.368. The first-order valence-corrected chi connectivity index (χ1v) is 10.1. The van der Waals surface area contributed by atoms with Gasteiger partial charge in [-0.25, -0.2) is 5.01 Å². The molecule has 1 aliphatic heterocycles. The Labute approximate surface area is 150 Å². The van der Waals surface area contributed by atoms with Crippen LogP contribution in [0.4, 0.5) is 0 Å². The van der Waals surface area contributed by atoms with Crippen LogP contribution in [0.2, 0.25) is 0 Å². The Bertz CT molecular complexity index is 789. The summed E-state index contributed by atoms with van der Waals surface area (Å²) in [6.45, 7) is 3.93. The summed E-state index contributed by atoms with van der Waals surface area (Å²) in [4.78, 5) is 14.7. The van der Waals surface area contributed by atoms with E-state index in [0.29, 0.717) is 11.8 Å². The van der Waals surface area contributed by atoms with Crippen LogP contribution < -0.4 is 0 Å². The van der Waals surface area contributed by atoms with Crippen molar-refractivity contribution in [3.63, 3.8) is 0 Å². The van der Waals surface area contributed by atoms with Crippen LogP contribution in [-0.2, 0) is 4.79 Å². The molecule has 2 aliphatic rings. The van der Waals surface area contributed by atoms with Gasteiger partial charge < -0.3 is 0 Å². The summed E-state index contributed by atoms with van der Waals surface area (Å²) in [7, 11) is 0. The molecular weight excluding hydrogens is 336 g/mol. The van der Waals surface area contributed by atoms with Gasteiger partial charge in [0.2, 0.25) is 5.91 Å². The average molecular weight is 357 g/mol.